The second kappa shape index (κ2) is 6.10. The van der Waals surface area contributed by atoms with Crippen LogP contribution in [0.1, 0.15) is 35.1 Å². The number of hydrogen-bond donors (Lipinski definition) is 1. The molecule has 3 nitrogen and oxygen atoms in total. The molecule has 1 atom stereocenters. The van der Waals surface area contributed by atoms with Crippen molar-refractivity contribution in [2.24, 2.45) is 5.73 Å². The molecule has 0 unspecified atom stereocenters. The molecule has 112 valence electrons. The Kier molecular flexibility index (Phi) is 4.17. The molecule has 0 saturated heterocycles. The van der Waals surface area contributed by atoms with Gasteiger partial charge in [0.1, 0.15) is 5.60 Å². The van der Waals surface area contributed by atoms with Crippen LogP contribution in [0.3, 0.4) is 0 Å². The molecule has 0 saturated carbocycles. The molecule has 0 bridgehead atoms. The monoisotopic (exact) mass is 312 g/mol. The fourth-order valence-electron chi connectivity index (χ4n) is 3.12. The van der Waals surface area contributed by atoms with Crippen LogP contribution in [0.5, 0.6) is 0 Å². The first kappa shape index (κ1) is 15.1. The lowest BCUT2D eigenvalue weighted by Crippen LogP contribution is -2.28. The third-order valence-corrected chi connectivity index (χ3v) is 4.44. The highest BCUT2D eigenvalue weighted by atomic mass is 35.5. The van der Waals surface area contributed by atoms with Gasteiger partial charge in [-0.2, -0.15) is 5.26 Å². The number of nitriles is 1. The van der Waals surface area contributed by atoms with E-state index in [-0.39, 0.29) is 0 Å². The fourth-order valence-corrected chi connectivity index (χ4v) is 3.24. The van der Waals surface area contributed by atoms with E-state index >= 15 is 0 Å². The van der Waals surface area contributed by atoms with Crippen molar-refractivity contribution in [2.45, 2.75) is 25.0 Å². The van der Waals surface area contributed by atoms with E-state index in [1.54, 1.807) is 0 Å². The Morgan fingerprint density at radius 1 is 1.23 bits per heavy atom. The summed E-state index contributed by atoms with van der Waals surface area (Å²) in [7, 11) is 0. The van der Waals surface area contributed by atoms with Gasteiger partial charge < -0.3 is 10.5 Å². The first-order chi connectivity index (χ1) is 10.7. The van der Waals surface area contributed by atoms with Gasteiger partial charge in [0.2, 0.25) is 0 Å². The topological polar surface area (TPSA) is 59.0 Å². The van der Waals surface area contributed by atoms with E-state index < -0.39 is 5.60 Å². The summed E-state index contributed by atoms with van der Waals surface area (Å²) >= 11 is 6.01. The lowest BCUT2D eigenvalue weighted by atomic mass is 9.81. The Hall–Kier alpha value is -1.86. The summed E-state index contributed by atoms with van der Waals surface area (Å²) in [6.07, 6.45) is 1.67. The molecule has 0 spiro atoms. The first-order valence-electron chi connectivity index (χ1n) is 7.33. The van der Waals surface area contributed by atoms with Gasteiger partial charge in [-0.15, -0.1) is 0 Å². The highest BCUT2D eigenvalue weighted by Gasteiger charge is 2.41. The molecule has 2 aromatic rings. The quantitative estimate of drug-likeness (QED) is 0.936. The summed E-state index contributed by atoms with van der Waals surface area (Å²) in [6, 6.07) is 15.7. The fraction of sp³-hybridized carbons (Fsp3) is 0.278. The molecule has 1 heterocycles. The van der Waals surface area contributed by atoms with Crippen molar-refractivity contribution in [2.75, 3.05) is 6.54 Å². The van der Waals surface area contributed by atoms with Crippen LogP contribution in [-0.2, 0) is 16.9 Å². The van der Waals surface area contributed by atoms with Gasteiger partial charge in [0, 0.05) is 5.02 Å². The van der Waals surface area contributed by atoms with Crippen LogP contribution < -0.4 is 5.73 Å². The molecule has 0 amide bonds. The molecule has 4 heteroatoms. The molecule has 1 aliphatic rings. The average Bonchev–Trinajstić information content (AvgIpc) is 2.92. The molecule has 0 radical (unpaired) electrons. The third kappa shape index (κ3) is 2.50. The SMILES string of the molecule is N#Cc1ccc2c(c1)CO[C@@]2(CCCN)c1ccc(Cl)cc1. The largest absolute Gasteiger partial charge is 0.361 e. The van der Waals surface area contributed by atoms with Gasteiger partial charge in [0.25, 0.3) is 0 Å². The van der Waals surface area contributed by atoms with Gasteiger partial charge in [0.05, 0.1) is 18.2 Å². The second-order valence-electron chi connectivity index (χ2n) is 5.50. The Labute approximate surface area is 135 Å². The molecule has 0 fully saturated rings. The summed E-state index contributed by atoms with van der Waals surface area (Å²) in [4.78, 5) is 0. The molecular formula is C18H17ClN2O. The van der Waals surface area contributed by atoms with Crippen LogP contribution in [0.25, 0.3) is 0 Å². The minimum Gasteiger partial charge on any atom is -0.361 e. The summed E-state index contributed by atoms with van der Waals surface area (Å²) in [5.41, 5.74) is 9.16. The normalized spacial score (nSPS) is 19.7. The molecule has 0 aliphatic carbocycles. The van der Waals surface area contributed by atoms with E-state index in [0.29, 0.717) is 23.7 Å². The molecule has 0 aromatic heterocycles. The number of nitrogens with zero attached hydrogens (tertiary/aromatic N) is 1. The van der Waals surface area contributed by atoms with Crippen molar-refractivity contribution in [3.05, 3.63) is 69.7 Å². The average molecular weight is 313 g/mol. The molecule has 22 heavy (non-hydrogen) atoms. The maximum Gasteiger partial charge on any atom is 0.119 e. The maximum absolute atomic E-state index is 9.07. The van der Waals surface area contributed by atoms with Gasteiger partial charge in [-0.3, -0.25) is 0 Å². The van der Waals surface area contributed by atoms with Crippen LogP contribution in [-0.4, -0.2) is 6.54 Å². The summed E-state index contributed by atoms with van der Waals surface area (Å²) in [5, 5.41) is 9.77. The number of rotatable bonds is 4. The molecule has 2 N–H and O–H groups in total. The maximum atomic E-state index is 9.07. The van der Waals surface area contributed by atoms with E-state index in [4.69, 9.17) is 27.3 Å². The molecular weight excluding hydrogens is 296 g/mol. The van der Waals surface area contributed by atoms with E-state index in [1.165, 1.54) is 0 Å². The van der Waals surface area contributed by atoms with Gasteiger partial charge in [-0.1, -0.05) is 29.8 Å². The zero-order valence-corrected chi connectivity index (χ0v) is 12.9. The number of ether oxygens (including phenoxy) is 1. The minimum atomic E-state index is -0.493. The predicted molar refractivity (Wildman–Crippen MR) is 86.5 cm³/mol. The van der Waals surface area contributed by atoms with Crippen molar-refractivity contribution in [1.29, 1.82) is 5.26 Å². The Morgan fingerprint density at radius 3 is 2.68 bits per heavy atom. The van der Waals surface area contributed by atoms with Gasteiger partial charge in [0.15, 0.2) is 0 Å². The highest BCUT2D eigenvalue weighted by Crippen LogP contribution is 2.45. The number of halogens is 1. The van der Waals surface area contributed by atoms with E-state index in [0.717, 1.165) is 29.5 Å². The van der Waals surface area contributed by atoms with Crippen molar-refractivity contribution in [3.63, 3.8) is 0 Å². The molecule has 2 aromatic carbocycles. The van der Waals surface area contributed by atoms with Crippen LogP contribution in [0.4, 0.5) is 0 Å². The molecule has 1 aliphatic heterocycles. The van der Waals surface area contributed by atoms with Gasteiger partial charge in [-0.05, 0) is 60.3 Å². The number of fused-ring (bicyclic) bond motifs is 1. The predicted octanol–water partition coefficient (Wildman–Crippen LogP) is 3.72. The Bertz CT molecular complexity index is 721. The number of benzene rings is 2. The van der Waals surface area contributed by atoms with Crippen molar-refractivity contribution >= 4 is 11.6 Å². The molecule has 3 rings (SSSR count). The van der Waals surface area contributed by atoms with Crippen molar-refractivity contribution in [3.8, 4) is 6.07 Å². The number of nitrogens with two attached hydrogens (primary N) is 1. The summed E-state index contributed by atoms with van der Waals surface area (Å²) in [5.74, 6) is 0. The Morgan fingerprint density at radius 2 is 2.00 bits per heavy atom. The van der Waals surface area contributed by atoms with Crippen molar-refractivity contribution < 1.29 is 4.74 Å². The van der Waals surface area contributed by atoms with E-state index in [9.17, 15) is 0 Å². The number of hydrogen-bond acceptors (Lipinski definition) is 3. The van der Waals surface area contributed by atoms with Crippen LogP contribution >= 0.6 is 11.6 Å². The second-order valence-corrected chi connectivity index (χ2v) is 5.93. The lowest BCUT2D eigenvalue weighted by Gasteiger charge is -2.30. The minimum absolute atomic E-state index is 0.493. The highest BCUT2D eigenvalue weighted by molar-refractivity contribution is 6.30. The zero-order chi connectivity index (χ0) is 15.6. The van der Waals surface area contributed by atoms with Crippen LogP contribution in [0.15, 0.2) is 42.5 Å². The lowest BCUT2D eigenvalue weighted by molar-refractivity contribution is -0.0125. The van der Waals surface area contributed by atoms with Crippen LogP contribution in [0, 0.1) is 11.3 Å². The zero-order valence-electron chi connectivity index (χ0n) is 12.2. The summed E-state index contributed by atoms with van der Waals surface area (Å²) in [6.45, 7) is 1.13. The van der Waals surface area contributed by atoms with E-state index in [2.05, 4.69) is 6.07 Å². The Balaban J connectivity index is 2.10. The van der Waals surface area contributed by atoms with Crippen molar-refractivity contribution in [1.82, 2.24) is 0 Å². The van der Waals surface area contributed by atoms with Gasteiger partial charge >= 0.3 is 0 Å². The first-order valence-corrected chi connectivity index (χ1v) is 7.71. The smallest absolute Gasteiger partial charge is 0.119 e. The standard InChI is InChI=1S/C18H17ClN2O/c19-16-5-3-15(4-6-16)18(8-1-9-20)17-7-2-13(11-21)10-14(17)12-22-18/h2-7,10H,1,8-9,12,20H2/t18-/m0/s1. The summed E-state index contributed by atoms with van der Waals surface area (Å²) < 4.78 is 6.23. The third-order valence-electron chi connectivity index (χ3n) is 4.19. The van der Waals surface area contributed by atoms with Gasteiger partial charge in [-0.25, -0.2) is 0 Å². The van der Waals surface area contributed by atoms with Crippen LogP contribution in [0.2, 0.25) is 5.02 Å². The van der Waals surface area contributed by atoms with E-state index in [1.807, 2.05) is 42.5 Å².